The Morgan fingerprint density at radius 1 is 1.38 bits per heavy atom. The Morgan fingerprint density at radius 2 is 2.00 bits per heavy atom. The van der Waals surface area contributed by atoms with E-state index in [4.69, 9.17) is 0 Å². The van der Waals surface area contributed by atoms with Crippen molar-refractivity contribution in [1.29, 1.82) is 0 Å². The van der Waals surface area contributed by atoms with E-state index in [1.165, 1.54) is 19.5 Å². The summed E-state index contributed by atoms with van der Waals surface area (Å²) in [6, 6.07) is 0. The fourth-order valence-corrected chi connectivity index (χ4v) is 0.660. The molecule has 3 N–H and O–H groups in total. The van der Waals surface area contributed by atoms with Crippen LogP contribution >= 0.6 is 0 Å². The number of quaternary nitrogens is 2. The van der Waals surface area contributed by atoms with Crippen molar-refractivity contribution in [2.45, 2.75) is 6.42 Å². The molecule has 0 fully saturated rings. The third-order valence-corrected chi connectivity index (χ3v) is 1.17. The number of hydrogen-bond donors (Lipinski definition) is 2. The molecule has 0 saturated carbocycles. The van der Waals surface area contributed by atoms with Gasteiger partial charge in [0.05, 0.1) is 34.2 Å². The highest BCUT2D eigenvalue weighted by Gasteiger charge is 1.91. The summed E-state index contributed by atoms with van der Waals surface area (Å²) >= 11 is 0. The van der Waals surface area contributed by atoms with Crippen molar-refractivity contribution in [2.24, 2.45) is 0 Å². The summed E-state index contributed by atoms with van der Waals surface area (Å²) in [5, 5.41) is 2.23. The van der Waals surface area contributed by atoms with Gasteiger partial charge >= 0.3 is 0 Å². The van der Waals surface area contributed by atoms with Gasteiger partial charge in [0.2, 0.25) is 0 Å². The third kappa shape index (κ3) is 5.92. The second-order valence-electron chi connectivity index (χ2n) is 2.51. The van der Waals surface area contributed by atoms with Gasteiger partial charge in [0, 0.05) is 6.42 Å². The lowest BCUT2D eigenvalue weighted by molar-refractivity contribution is -0.860. The van der Waals surface area contributed by atoms with Gasteiger partial charge in [0.1, 0.15) is 0 Å². The minimum atomic E-state index is 1.27. The standard InChI is InChI=1S/C6H16N2/c1-7-5-4-6-8(2)3/h7H,4-6H2,1-3H3/p+2. The Morgan fingerprint density at radius 3 is 2.38 bits per heavy atom. The Balaban J connectivity index is 2.72. The largest absolute Gasteiger partial charge is 0.349 e. The second kappa shape index (κ2) is 5.06. The molecule has 0 unspecified atom stereocenters. The highest BCUT2D eigenvalue weighted by Crippen LogP contribution is 1.58. The van der Waals surface area contributed by atoms with Crippen LogP contribution in [-0.2, 0) is 0 Å². The molecule has 0 aromatic heterocycles. The van der Waals surface area contributed by atoms with Crippen LogP contribution in [-0.4, -0.2) is 34.2 Å². The van der Waals surface area contributed by atoms with Gasteiger partial charge in [-0.15, -0.1) is 0 Å². The van der Waals surface area contributed by atoms with E-state index in [0.717, 1.165) is 0 Å². The van der Waals surface area contributed by atoms with E-state index in [1.807, 2.05) is 0 Å². The van der Waals surface area contributed by atoms with Gasteiger partial charge in [0.15, 0.2) is 0 Å². The average Bonchev–Trinajstić information content (AvgIpc) is 1.66. The summed E-state index contributed by atoms with van der Waals surface area (Å²) in [5.74, 6) is 0. The van der Waals surface area contributed by atoms with Crippen molar-refractivity contribution < 1.29 is 10.2 Å². The Bertz CT molecular complexity index is 43.8. The molecule has 8 heavy (non-hydrogen) atoms. The molecule has 0 aliphatic heterocycles. The quantitative estimate of drug-likeness (QED) is 0.388. The first-order chi connectivity index (χ1) is 3.77. The maximum atomic E-state index is 2.23. The first-order valence-electron chi connectivity index (χ1n) is 3.34. The molecule has 0 atom stereocenters. The molecule has 0 radical (unpaired) electrons. The van der Waals surface area contributed by atoms with Gasteiger partial charge in [0.25, 0.3) is 0 Å². The van der Waals surface area contributed by atoms with Gasteiger partial charge in [-0.05, 0) is 0 Å². The van der Waals surface area contributed by atoms with Crippen molar-refractivity contribution in [3.63, 3.8) is 0 Å². The molecule has 0 aromatic carbocycles. The zero-order valence-electron chi connectivity index (χ0n) is 6.20. The molecule has 50 valence electrons. The molecule has 0 heterocycles. The topological polar surface area (TPSA) is 21.1 Å². The summed E-state index contributed by atoms with van der Waals surface area (Å²) in [6.45, 7) is 2.57. The van der Waals surface area contributed by atoms with Crippen LogP contribution in [0.4, 0.5) is 0 Å². The van der Waals surface area contributed by atoms with Crippen LogP contribution in [0.5, 0.6) is 0 Å². The molecule has 0 saturated heterocycles. The summed E-state index contributed by atoms with van der Waals surface area (Å²) in [5.41, 5.74) is 0. The molecule has 2 heteroatoms. The normalized spacial score (nSPS) is 10.5. The van der Waals surface area contributed by atoms with Gasteiger partial charge in [-0.25, -0.2) is 0 Å². The fourth-order valence-electron chi connectivity index (χ4n) is 0.660. The summed E-state index contributed by atoms with van der Waals surface area (Å²) in [4.78, 5) is 1.55. The van der Waals surface area contributed by atoms with E-state index < -0.39 is 0 Å². The van der Waals surface area contributed by atoms with Gasteiger partial charge in [-0.3, -0.25) is 0 Å². The van der Waals surface area contributed by atoms with Crippen LogP contribution in [0.1, 0.15) is 6.42 Å². The van der Waals surface area contributed by atoms with E-state index in [9.17, 15) is 0 Å². The maximum absolute atomic E-state index is 2.23. The lowest BCUT2D eigenvalue weighted by Crippen LogP contribution is -3.06. The molecule has 2 nitrogen and oxygen atoms in total. The number of rotatable bonds is 4. The third-order valence-electron chi connectivity index (χ3n) is 1.17. The van der Waals surface area contributed by atoms with E-state index in [1.54, 1.807) is 4.90 Å². The predicted molar refractivity (Wildman–Crippen MR) is 35.0 cm³/mol. The zero-order chi connectivity index (χ0) is 6.41. The smallest absolute Gasteiger partial charge is 0.0821 e. The van der Waals surface area contributed by atoms with E-state index in [-0.39, 0.29) is 0 Å². The van der Waals surface area contributed by atoms with Gasteiger partial charge in [-0.1, -0.05) is 0 Å². The van der Waals surface area contributed by atoms with E-state index in [2.05, 4.69) is 26.5 Å². The van der Waals surface area contributed by atoms with Crippen molar-refractivity contribution in [2.75, 3.05) is 34.2 Å². The molecule has 0 amide bonds. The molecular weight excluding hydrogens is 100 g/mol. The van der Waals surface area contributed by atoms with Crippen molar-refractivity contribution >= 4 is 0 Å². The Labute approximate surface area is 51.9 Å². The molecule has 0 spiro atoms. The van der Waals surface area contributed by atoms with Crippen molar-refractivity contribution in [3.8, 4) is 0 Å². The SMILES string of the molecule is C[NH2+]CCC[NH+](C)C. The minimum Gasteiger partial charge on any atom is -0.349 e. The average molecular weight is 118 g/mol. The first kappa shape index (κ1) is 7.92. The van der Waals surface area contributed by atoms with Crippen molar-refractivity contribution in [1.82, 2.24) is 0 Å². The maximum Gasteiger partial charge on any atom is 0.0821 e. The van der Waals surface area contributed by atoms with Crippen LogP contribution < -0.4 is 10.2 Å². The van der Waals surface area contributed by atoms with Crippen LogP contribution in [0.2, 0.25) is 0 Å². The highest BCUT2D eigenvalue weighted by molar-refractivity contribution is 4.23. The Hall–Kier alpha value is -0.0800. The van der Waals surface area contributed by atoms with Crippen LogP contribution in [0, 0.1) is 0 Å². The molecule has 0 rings (SSSR count). The Kier molecular flexibility index (Phi) is 5.01. The van der Waals surface area contributed by atoms with E-state index in [0.29, 0.717) is 0 Å². The highest BCUT2D eigenvalue weighted by atomic mass is 15.0. The van der Waals surface area contributed by atoms with Crippen molar-refractivity contribution in [3.05, 3.63) is 0 Å². The lowest BCUT2D eigenvalue weighted by atomic mass is 10.4. The van der Waals surface area contributed by atoms with Crippen LogP contribution in [0.25, 0.3) is 0 Å². The lowest BCUT2D eigenvalue weighted by Gasteiger charge is -2.03. The molecule has 0 bridgehead atoms. The minimum absolute atomic E-state index is 1.27. The zero-order valence-corrected chi connectivity index (χ0v) is 6.20. The fraction of sp³-hybridized carbons (Fsp3) is 1.00. The van der Waals surface area contributed by atoms with E-state index >= 15 is 0 Å². The molecule has 0 aromatic rings. The summed E-state index contributed by atoms with van der Waals surface area (Å²) in [6.07, 6.45) is 1.33. The van der Waals surface area contributed by atoms with Gasteiger partial charge in [-0.2, -0.15) is 0 Å². The number of nitrogens with two attached hydrogens (primary N) is 1. The monoisotopic (exact) mass is 118 g/mol. The summed E-state index contributed by atoms with van der Waals surface area (Å²) < 4.78 is 0. The summed E-state index contributed by atoms with van der Waals surface area (Å²) in [7, 11) is 6.50. The second-order valence-corrected chi connectivity index (χ2v) is 2.51. The predicted octanol–water partition coefficient (Wildman–Crippen LogP) is -2.29. The molecular formula is C6H18N2+2. The van der Waals surface area contributed by atoms with Crippen LogP contribution in [0.3, 0.4) is 0 Å². The molecule has 0 aliphatic carbocycles. The number of nitrogens with one attached hydrogen (secondary N) is 1. The number of hydrogen-bond acceptors (Lipinski definition) is 0. The first-order valence-corrected chi connectivity index (χ1v) is 3.34. The molecule has 0 aliphatic rings. The van der Waals surface area contributed by atoms with Gasteiger partial charge < -0.3 is 10.2 Å². The van der Waals surface area contributed by atoms with Crippen LogP contribution in [0.15, 0.2) is 0 Å².